The highest BCUT2D eigenvalue weighted by Crippen LogP contribution is 2.19. The normalized spacial score (nSPS) is 12.1. The van der Waals surface area contributed by atoms with Crippen LogP contribution in [0.3, 0.4) is 0 Å². The van der Waals surface area contributed by atoms with Gasteiger partial charge in [-0.15, -0.1) is 0 Å². The van der Waals surface area contributed by atoms with Gasteiger partial charge < -0.3 is 10.4 Å². The molecule has 2 rings (SSSR count). The molecule has 0 saturated heterocycles. The molecule has 2 N–H and O–H groups in total. The highest BCUT2D eigenvalue weighted by atomic mass is 19.1. The van der Waals surface area contributed by atoms with Gasteiger partial charge in [-0.3, -0.25) is 0 Å². The lowest BCUT2D eigenvalue weighted by Crippen LogP contribution is -2.14. The first-order valence-corrected chi connectivity index (χ1v) is 5.47. The van der Waals surface area contributed by atoms with Crippen molar-refractivity contribution >= 4 is 5.69 Å². The molecule has 3 heteroatoms. The first-order valence-electron chi connectivity index (χ1n) is 5.47. The average Bonchev–Trinajstić information content (AvgIpc) is 2.39. The molecule has 1 unspecified atom stereocenters. The molecule has 2 nitrogen and oxygen atoms in total. The van der Waals surface area contributed by atoms with Gasteiger partial charge in [0, 0.05) is 5.69 Å². The van der Waals surface area contributed by atoms with Crippen molar-refractivity contribution < 1.29 is 9.50 Å². The molecule has 0 saturated carbocycles. The maximum atomic E-state index is 12.8. The SMILES string of the molecule is OCC(Nc1ccc(F)cc1)c1ccccc1. The molecule has 88 valence electrons. The van der Waals surface area contributed by atoms with Crippen molar-refractivity contribution in [1.29, 1.82) is 0 Å². The minimum Gasteiger partial charge on any atom is -0.394 e. The molecule has 0 fully saturated rings. The van der Waals surface area contributed by atoms with Gasteiger partial charge in [-0.05, 0) is 29.8 Å². The minimum atomic E-state index is -0.268. The topological polar surface area (TPSA) is 32.3 Å². The quantitative estimate of drug-likeness (QED) is 0.847. The molecule has 0 heterocycles. The van der Waals surface area contributed by atoms with Crippen molar-refractivity contribution in [1.82, 2.24) is 0 Å². The number of anilines is 1. The third-order valence-corrected chi connectivity index (χ3v) is 2.57. The van der Waals surface area contributed by atoms with E-state index in [4.69, 9.17) is 0 Å². The number of benzene rings is 2. The zero-order chi connectivity index (χ0) is 12.1. The number of nitrogens with one attached hydrogen (secondary N) is 1. The highest BCUT2D eigenvalue weighted by Gasteiger charge is 2.09. The molecule has 0 spiro atoms. The molecule has 2 aromatic carbocycles. The lowest BCUT2D eigenvalue weighted by Gasteiger charge is -2.17. The Kier molecular flexibility index (Phi) is 3.73. The van der Waals surface area contributed by atoms with Crippen LogP contribution in [0.1, 0.15) is 11.6 Å². The van der Waals surface area contributed by atoms with Gasteiger partial charge >= 0.3 is 0 Å². The van der Waals surface area contributed by atoms with E-state index >= 15 is 0 Å². The molecule has 0 aliphatic rings. The van der Waals surface area contributed by atoms with Gasteiger partial charge in [0.15, 0.2) is 0 Å². The zero-order valence-electron chi connectivity index (χ0n) is 9.31. The average molecular weight is 231 g/mol. The summed E-state index contributed by atoms with van der Waals surface area (Å²) < 4.78 is 12.8. The standard InChI is InChI=1S/C14H14FNO/c15-12-6-8-13(9-7-12)16-14(10-17)11-4-2-1-3-5-11/h1-9,14,16-17H,10H2. The Labute approximate surface area is 99.7 Å². The summed E-state index contributed by atoms with van der Waals surface area (Å²) in [7, 11) is 0. The lowest BCUT2D eigenvalue weighted by molar-refractivity contribution is 0.276. The zero-order valence-corrected chi connectivity index (χ0v) is 9.31. The Morgan fingerprint density at radius 2 is 1.65 bits per heavy atom. The van der Waals surface area contributed by atoms with Crippen LogP contribution in [0.5, 0.6) is 0 Å². The van der Waals surface area contributed by atoms with E-state index in [0.29, 0.717) is 0 Å². The second-order valence-electron chi connectivity index (χ2n) is 3.80. The van der Waals surface area contributed by atoms with Crippen molar-refractivity contribution in [3.8, 4) is 0 Å². The molecule has 2 aromatic rings. The van der Waals surface area contributed by atoms with E-state index in [1.165, 1.54) is 12.1 Å². The van der Waals surface area contributed by atoms with Crippen LogP contribution in [0.15, 0.2) is 54.6 Å². The van der Waals surface area contributed by atoms with Crippen LogP contribution >= 0.6 is 0 Å². The first-order chi connectivity index (χ1) is 8.29. The van der Waals surface area contributed by atoms with Crippen LogP contribution in [0.25, 0.3) is 0 Å². The Morgan fingerprint density at radius 1 is 1.00 bits per heavy atom. The second kappa shape index (κ2) is 5.46. The van der Waals surface area contributed by atoms with Gasteiger partial charge in [0.05, 0.1) is 12.6 Å². The van der Waals surface area contributed by atoms with Crippen LogP contribution < -0.4 is 5.32 Å². The number of halogens is 1. The van der Waals surface area contributed by atoms with Crippen LogP contribution in [0, 0.1) is 5.82 Å². The number of rotatable bonds is 4. The summed E-state index contributed by atoms with van der Waals surface area (Å²) in [5.74, 6) is -0.268. The molecule has 0 amide bonds. The van der Waals surface area contributed by atoms with Crippen molar-refractivity contribution in [2.45, 2.75) is 6.04 Å². The predicted molar refractivity (Wildman–Crippen MR) is 66.3 cm³/mol. The molecule has 0 aromatic heterocycles. The smallest absolute Gasteiger partial charge is 0.123 e. The lowest BCUT2D eigenvalue weighted by atomic mass is 10.1. The molecule has 0 aliphatic carbocycles. The highest BCUT2D eigenvalue weighted by molar-refractivity contribution is 5.45. The van der Waals surface area contributed by atoms with Crippen molar-refractivity contribution in [3.63, 3.8) is 0 Å². The van der Waals surface area contributed by atoms with E-state index in [1.54, 1.807) is 12.1 Å². The number of hydrogen-bond acceptors (Lipinski definition) is 2. The van der Waals surface area contributed by atoms with Crippen molar-refractivity contribution in [3.05, 3.63) is 66.0 Å². The monoisotopic (exact) mass is 231 g/mol. The van der Waals surface area contributed by atoms with E-state index in [0.717, 1.165) is 11.3 Å². The van der Waals surface area contributed by atoms with Crippen LogP contribution in [0.4, 0.5) is 10.1 Å². The summed E-state index contributed by atoms with van der Waals surface area (Å²) in [6, 6.07) is 15.6. The van der Waals surface area contributed by atoms with Crippen molar-refractivity contribution in [2.24, 2.45) is 0 Å². The fraction of sp³-hybridized carbons (Fsp3) is 0.143. The predicted octanol–water partition coefficient (Wildman–Crippen LogP) is 2.97. The van der Waals surface area contributed by atoms with Crippen molar-refractivity contribution in [2.75, 3.05) is 11.9 Å². The Morgan fingerprint density at radius 3 is 2.24 bits per heavy atom. The van der Waals surface area contributed by atoms with Gasteiger partial charge in [0.25, 0.3) is 0 Å². The van der Waals surface area contributed by atoms with Gasteiger partial charge in [-0.1, -0.05) is 30.3 Å². The number of hydrogen-bond donors (Lipinski definition) is 2. The van der Waals surface area contributed by atoms with Gasteiger partial charge in [-0.2, -0.15) is 0 Å². The van der Waals surface area contributed by atoms with Crippen LogP contribution in [-0.4, -0.2) is 11.7 Å². The van der Waals surface area contributed by atoms with Gasteiger partial charge in [0.1, 0.15) is 5.82 Å². The summed E-state index contributed by atoms with van der Waals surface area (Å²) in [5, 5.41) is 12.5. The Hall–Kier alpha value is -1.87. The maximum absolute atomic E-state index is 12.8. The molecular weight excluding hydrogens is 217 g/mol. The van der Waals surface area contributed by atoms with E-state index in [9.17, 15) is 9.50 Å². The molecule has 1 atom stereocenters. The van der Waals surface area contributed by atoms with E-state index < -0.39 is 0 Å². The Bertz CT molecular complexity index is 455. The van der Waals surface area contributed by atoms with Gasteiger partial charge in [-0.25, -0.2) is 4.39 Å². The van der Waals surface area contributed by atoms with E-state index in [-0.39, 0.29) is 18.5 Å². The first kappa shape index (κ1) is 11.6. The summed E-state index contributed by atoms with van der Waals surface area (Å²) >= 11 is 0. The summed E-state index contributed by atoms with van der Waals surface area (Å²) in [5.41, 5.74) is 1.79. The largest absolute Gasteiger partial charge is 0.394 e. The number of aliphatic hydroxyl groups excluding tert-OH is 1. The fourth-order valence-corrected chi connectivity index (χ4v) is 1.67. The maximum Gasteiger partial charge on any atom is 0.123 e. The third-order valence-electron chi connectivity index (χ3n) is 2.57. The molecular formula is C14H14FNO. The number of aliphatic hydroxyl groups is 1. The fourth-order valence-electron chi connectivity index (χ4n) is 1.67. The van der Waals surface area contributed by atoms with E-state index in [2.05, 4.69) is 5.32 Å². The van der Waals surface area contributed by atoms with Gasteiger partial charge in [0.2, 0.25) is 0 Å². The third kappa shape index (κ3) is 3.04. The molecule has 17 heavy (non-hydrogen) atoms. The molecule has 0 radical (unpaired) electrons. The Balaban J connectivity index is 2.13. The minimum absolute atomic E-state index is 0.0125. The molecule has 0 bridgehead atoms. The van der Waals surface area contributed by atoms with Crippen LogP contribution in [-0.2, 0) is 0 Å². The molecule has 0 aliphatic heterocycles. The van der Waals surface area contributed by atoms with E-state index in [1.807, 2.05) is 30.3 Å². The summed E-state index contributed by atoms with van der Waals surface area (Å²) in [6.45, 7) is -0.0125. The summed E-state index contributed by atoms with van der Waals surface area (Å²) in [6.07, 6.45) is 0. The van der Waals surface area contributed by atoms with Crippen LogP contribution in [0.2, 0.25) is 0 Å². The second-order valence-corrected chi connectivity index (χ2v) is 3.80. The summed E-state index contributed by atoms with van der Waals surface area (Å²) in [4.78, 5) is 0.